The Bertz CT molecular complexity index is 606. The van der Waals surface area contributed by atoms with Gasteiger partial charge >= 0.3 is 0 Å². The number of anilines is 1. The van der Waals surface area contributed by atoms with E-state index in [2.05, 4.69) is 50.4 Å². The van der Waals surface area contributed by atoms with E-state index in [1.807, 2.05) is 0 Å². The number of hydrogen-bond acceptors (Lipinski definition) is 3. The fourth-order valence-electron chi connectivity index (χ4n) is 2.68. The molecule has 2 rings (SSSR count). The number of nitrogens with two attached hydrogens (primary N) is 1. The molecular weight excluding hydrogens is 408 g/mol. The van der Waals surface area contributed by atoms with Crippen molar-refractivity contribution in [2.75, 3.05) is 5.73 Å². The lowest BCUT2D eigenvalue weighted by Crippen LogP contribution is -2.34. The maximum atomic E-state index is 12.5. The van der Waals surface area contributed by atoms with Crippen LogP contribution in [0.3, 0.4) is 0 Å². The van der Waals surface area contributed by atoms with Crippen LogP contribution in [0, 0.1) is 5.41 Å². The molecule has 3 N–H and O–H groups in total. The van der Waals surface area contributed by atoms with Crippen LogP contribution >= 0.6 is 31.9 Å². The Morgan fingerprint density at radius 3 is 2.50 bits per heavy atom. The summed E-state index contributed by atoms with van der Waals surface area (Å²) < 4.78 is 29.0. The zero-order valence-corrected chi connectivity index (χ0v) is 15.4. The van der Waals surface area contributed by atoms with Gasteiger partial charge in [0.2, 0.25) is 10.0 Å². The van der Waals surface area contributed by atoms with Crippen LogP contribution < -0.4 is 10.5 Å². The largest absolute Gasteiger partial charge is 0.398 e. The molecule has 0 spiro atoms. The summed E-state index contributed by atoms with van der Waals surface area (Å²) in [5.41, 5.74) is 6.28. The highest BCUT2D eigenvalue weighted by atomic mass is 79.9. The van der Waals surface area contributed by atoms with Crippen molar-refractivity contribution >= 4 is 47.6 Å². The third-order valence-corrected chi connectivity index (χ3v) is 6.58. The molecule has 0 amide bonds. The molecule has 0 radical (unpaired) electrons. The van der Waals surface area contributed by atoms with Gasteiger partial charge in [-0.15, -0.1) is 0 Å². The summed E-state index contributed by atoms with van der Waals surface area (Å²) in [6.07, 6.45) is 2.73. The van der Waals surface area contributed by atoms with E-state index in [0.29, 0.717) is 4.47 Å². The molecule has 20 heavy (non-hydrogen) atoms. The molecule has 0 saturated heterocycles. The van der Waals surface area contributed by atoms with E-state index >= 15 is 0 Å². The van der Waals surface area contributed by atoms with Crippen molar-refractivity contribution in [1.82, 2.24) is 4.72 Å². The van der Waals surface area contributed by atoms with E-state index in [-0.39, 0.29) is 22.0 Å². The van der Waals surface area contributed by atoms with Gasteiger partial charge < -0.3 is 5.73 Å². The van der Waals surface area contributed by atoms with Crippen molar-refractivity contribution < 1.29 is 8.42 Å². The van der Waals surface area contributed by atoms with E-state index in [4.69, 9.17) is 5.73 Å². The molecule has 0 aliphatic heterocycles. The van der Waals surface area contributed by atoms with Gasteiger partial charge in [-0.3, -0.25) is 0 Å². The quantitative estimate of drug-likeness (QED) is 0.726. The van der Waals surface area contributed by atoms with Gasteiger partial charge in [0.05, 0.1) is 5.69 Å². The molecule has 0 bridgehead atoms. The Morgan fingerprint density at radius 1 is 1.35 bits per heavy atom. The molecule has 1 unspecified atom stereocenters. The fraction of sp³-hybridized carbons (Fsp3) is 0.538. The van der Waals surface area contributed by atoms with Crippen molar-refractivity contribution in [3.63, 3.8) is 0 Å². The van der Waals surface area contributed by atoms with Crippen LogP contribution in [0.2, 0.25) is 0 Å². The van der Waals surface area contributed by atoms with Crippen molar-refractivity contribution in [2.45, 2.75) is 44.0 Å². The Kier molecular flexibility index (Phi) is 4.54. The van der Waals surface area contributed by atoms with Gasteiger partial charge in [-0.1, -0.05) is 29.8 Å². The smallest absolute Gasteiger partial charge is 0.243 e. The summed E-state index contributed by atoms with van der Waals surface area (Å²) in [6, 6.07) is 3.26. The highest BCUT2D eigenvalue weighted by molar-refractivity contribution is 9.11. The third-order valence-electron chi connectivity index (χ3n) is 3.60. The first kappa shape index (κ1) is 16.3. The summed E-state index contributed by atoms with van der Waals surface area (Å²) in [5, 5.41) is 0. The van der Waals surface area contributed by atoms with Crippen molar-refractivity contribution in [1.29, 1.82) is 0 Å². The Morgan fingerprint density at radius 2 is 2.00 bits per heavy atom. The molecule has 4 nitrogen and oxygen atoms in total. The summed E-state index contributed by atoms with van der Waals surface area (Å²) >= 11 is 6.57. The van der Waals surface area contributed by atoms with Gasteiger partial charge in [0.15, 0.2) is 0 Å². The number of rotatable bonds is 3. The molecule has 1 aliphatic rings. The summed E-state index contributed by atoms with van der Waals surface area (Å²) in [4.78, 5) is 0.116. The van der Waals surface area contributed by atoms with Crippen molar-refractivity contribution in [3.05, 3.63) is 21.1 Å². The second-order valence-corrected chi connectivity index (χ2v) is 9.45. The molecular formula is C13H18Br2N2O2S. The van der Waals surface area contributed by atoms with E-state index in [9.17, 15) is 8.42 Å². The van der Waals surface area contributed by atoms with Gasteiger partial charge in [-0.2, -0.15) is 0 Å². The van der Waals surface area contributed by atoms with E-state index < -0.39 is 10.0 Å². The van der Waals surface area contributed by atoms with E-state index in [0.717, 1.165) is 23.7 Å². The molecule has 0 aromatic heterocycles. The molecule has 112 valence electrons. The Hall–Kier alpha value is -0.110. The molecule has 1 atom stereocenters. The lowest BCUT2D eigenvalue weighted by atomic mass is 9.92. The van der Waals surface area contributed by atoms with Gasteiger partial charge in [0, 0.05) is 15.0 Å². The molecule has 0 heterocycles. The zero-order chi connectivity index (χ0) is 15.1. The first-order chi connectivity index (χ1) is 9.11. The average Bonchev–Trinajstić information content (AvgIpc) is 2.54. The Balaban J connectivity index is 2.28. The van der Waals surface area contributed by atoms with Gasteiger partial charge in [0.1, 0.15) is 4.90 Å². The van der Waals surface area contributed by atoms with Crippen molar-refractivity contribution in [2.24, 2.45) is 5.41 Å². The Labute approximate surface area is 136 Å². The predicted molar refractivity (Wildman–Crippen MR) is 88.0 cm³/mol. The highest BCUT2D eigenvalue weighted by Crippen LogP contribution is 2.38. The van der Waals surface area contributed by atoms with Crippen LogP contribution in [0.5, 0.6) is 0 Å². The number of halogens is 2. The fourth-order valence-corrected chi connectivity index (χ4v) is 6.02. The van der Waals surface area contributed by atoms with Crippen LogP contribution in [0.4, 0.5) is 5.69 Å². The van der Waals surface area contributed by atoms with Crippen molar-refractivity contribution in [3.8, 4) is 0 Å². The second-order valence-electron chi connectivity index (χ2n) is 6.03. The minimum Gasteiger partial charge on any atom is -0.398 e. The highest BCUT2D eigenvalue weighted by Gasteiger charge is 2.34. The minimum atomic E-state index is -3.61. The van der Waals surface area contributed by atoms with E-state index in [1.165, 1.54) is 0 Å². The predicted octanol–water partition coefficient (Wildman–Crippen LogP) is 3.65. The summed E-state index contributed by atoms with van der Waals surface area (Å²) in [7, 11) is -3.61. The van der Waals surface area contributed by atoms with Crippen LogP contribution in [0.25, 0.3) is 0 Å². The normalized spacial score (nSPS) is 22.1. The average molecular weight is 426 g/mol. The standard InChI is InChI=1S/C13H18Br2N2O2S/c1-13(2)4-3-9(7-13)17-20(18,19)12-10(15)5-8(14)6-11(12)16/h5-6,9,17H,3-4,7,16H2,1-2H3. The maximum Gasteiger partial charge on any atom is 0.243 e. The first-order valence-electron chi connectivity index (χ1n) is 6.38. The molecule has 1 aromatic carbocycles. The van der Waals surface area contributed by atoms with Gasteiger partial charge in [-0.25, -0.2) is 13.1 Å². The second kappa shape index (κ2) is 5.59. The molecule has 7 heteroatoms. The summed E-state index contributed by atoms with van der Waals surface area (Å²) in [5.74, 6) is 0. The number of sulfonamides is 1. The number of nitrogen functional groups attached to an aromatic ring is 1. The number of hydrogen-bond donors (Lipinski definition) is 2. The topological polar surface area (TPSA) is 72.2 Å². The lowest BCUT2D eigenvalue weighted by Gasteiger charge is -2.19. The SMILES string of the molecule is CC1(C)CCC(NS(=O)(=O)c2c(N)cc(Br)cc2Br)C1. The molecule has 1 aliphatic carbocycles. The molecule has 1 aromatic rings. The van der Waals surface area contributed by atoms with Crippen LogP contribution in [0.15, 0.2) is 26.0 Å². The molecule has 1 fully saturated rings. The van der Waals surface area contributed by atoms with Crippen LogP contribution in [-0.4, -0.2) is 14.5 Å². The third kappa shape index (κ3) is 3.55. The van der Waals surface area contributed by atoms with E-state index in [1.54, 1.807) is 12.1 Å². The van der Waals surface area contributed by atoms with Crippen LogP contribution in [-0.2, 0) is 10.0 Å². The number of benzene rings is 1. The minimum absolute atomic E-state index is 0.0232. The van der Waals surface area contributed by atoms with Gasteiger partial charge in [-0.05, 0) is 52.7 Å². The van der Waals surface area contributed by atoms with Gasteiger partial charge in [0.25, 0.3) is 0 Å². The number of nitrogens with one attached hydrogen (secondary N) is 1. The first-order valence-corrected chi connectivity index (χ1v) is 9.44. The van der Waals surface area contributed by atoms with Crippen LogP contribution in [0.1, 0.15) is 33.1 Å². The lowest BCUT2D eigenvalue weighted by molar-refractivity contribution is 0.372. The monoisotopic (exact) mass is 424 g/mol. The molecule has 1 saturated carbocycles. The zero-order valence-electron chi connectivity index (χ0n) is 11.4. The maximum absolute atomic E-state index is 12.5. The summed E-state index contributed by atoms with van der Waals surface area (Å²) in [6.45, 7) is 4.32.